The van der Waals surface area contributed by atoms with Crippen molar-refractivity contribution in [3.63, 3.8) is 0 Å². The third-order valence-electron chi connectivity index (χ3n) is 6.34. The van der Waals surface area contributed by atoms with Crippen molar-refractivity contribution in [3.8, 4) is 0 Å². The second kappa shape index (κ2) is 9.18. The first-order chi connectivity index (χ1) is 16.9. The van der Waals surface area contributed by atoms with E-state index < -0.39 is 0 Å². The van der Waals surface area contributed by atoms with Gasteiger partial charge in [-0.15, -0.1) is 0 Å². The van der Waals surface area contributed by atoms with Crippen LogP contribution in [0, 0.1) is 13.8 Å². The summed E-state index contributed by atoms with van der Waals surface area (Å²) in [4.78, 5) is 32.4. The predicted molar refractivity (Wildman–Crippen MR) is 139 cm³/mol. The third-order valence-corrected chi connectivity index (χ3v) is 6.34. The Bertz CT molecular complexity index is 1540. The van der Waals surface area contributed by atoms with E-state index in [1.807, 2.05) is 61.3 Å². The summed E-state index contributed by atoms with van der Waals surface area (Å²) in [6, 6.07) is 15.6. The highest BCUT2D eigenvalue weighted by molar-refractivity contribution is 5.98. The number of amides is 1. The van der Waals surface area contributed by atoms with Crippen molar-refractivity contribution in [2.45, 2.75) is 40.3 Å². The molecule has 0 unspecified atom stereocenters. The second-order valence-electron chi connectivity index (χ2n) is 8.96. The molecule has 0 atom stereocenters. The van der Waals surface area contributed by atoms with Crippen LogP contribution in [-0.4, -0.2) is 30.7 Å². The molecule has 1 amide bonds. The van der Waals surface area contributed by atoms with Gasteiger partial charge in [0.15, 0.2) is 0 Å². The van der Waals surface area contributed by atoms with Crippen LogP contribution in [0.5, 0.6) is 0 Å². The first kappa shape index (κ1) is 22.5. The predicted octanol–water partition coefficient (Wildman–Crippen LogP) is 5.11. The Morgan fingerprint density at radius 2 is 1.89 bits per heavy atom. The van der Waals surface area contributed by atoms with Gasteiger partial charge in [0, 0.05) is 41.0 Å². The van der Waals surface area contributed by atoms with Crippen LogP contribution in [0.15, 0.2) is 60.9 Å². The minimum absolute atomic E-state index is 0.0695. The standard InChI is InChI=1S/C28H28N6O/c1-4-19-5-7-23(31-14-19)16-34(15-21-9-10-30-27-24(21)12-18(3)32-27)28(35)20-6-8-25-22(13-20)11-17(2)26(29)33-25/h5-14H,4,15-16H2,1-3H3,(H2,29,33)(H,30,32). The summed E-state index contributed by atoms with van der Waals surface area (Å²) in [7, 11) is 0. The number of H-pyrrole nitrogens is 1. The Morgan fingerprint density at radius 1 is 1.03 bits per heavy atom. The molecule has 5 rings (SSSR count). The molecule has 0 fully saturated rings. The van der Waals surface area contributed by atoms with Gasteiger partial charge in [0.05, 0.1) is 17.8 Å². The highest BCUT2D eigenvalue weighted by Crippen LogP contribution is 2.24. The van der Waals surface area contributed by atoms with Crippen molar-refractivity contribution in [2.24, 2.45) is 0 Å². The van der Waals surface area contributed by atoms with Crippen LogP contribution in [-0.2, 0) is 19.5 Å². The SMILES string of the molecule is CCc1ccc(CN(Cc2ccnc3[nH]c(C)cc23)C(=O)c2ccc3nc(N)c(C)cc3c2)nc1. The van der Waals surface area contributed by atoms with E-state index in [1.165, 1.54) is 5.56 Å². The van der Waals surface area contributed by atoms with Gasteiger partial charge in [-0.1, -0.05) is 13.0 Å². The average Bonchev–Trinajstić information content (AvgIpc) is 3.25. The number of hydrogen-bond acceptors (Lipinski definition) is 5. The molecule has 7 heteroatoms. The fourth-order valence-corrected chi connectivity index (χ4v) is 4.32. The Morgan fingerprint density at radius 3 is 2.66 bits per heavy atom. The van der Waals surface area contributed by atoms with E-state index >= 15 is 0 Å². The van der Waals surface area contributed by atoms with Gasteiger partial charge in [-0.05, 0) is 79.4 Å². The maximum atomic E-state index is 13.8. The van der Waals surface area contributed by atoms with Crippen LogP contribution in [0.3, 0.4) is 0 Å². The molecule has 5 aromatic rings. The van der Waals surface area contributed by atoms with E-state index in [0.717, 1.165) is 50.9 Å². The van der Waals surface area contributed by atoms with Gasteiger partial charge in [-0.2, -0.15) is 0 Å². The number of rotatable bonds is 6. The molecule has 4 aromatic heterocycles. The molecule has 176 valence electrons. The van der Waals surface area contributed by atoms with E-state index in [9.17, 15) is 4.79 Å². The number of aryl methyl sites for hydroxylation is 3. The third kappa shape index (κ3) is 4.57. The summed E-state index contributed by atoms with van der Waals surface area (Å²) < 4.78 is 0. The lowest BCUT2D eigenvalue weighted by molar-refractivity contribution is 0.0728. The van der Waals surface area contributed by atoms with Crippen molar-refractivity contribution >= 4 is 33.7 Å². The fourth-order valence-electron chi connectivity index (χ4n) is 4.32. The summed E-state index contributed by atoms with van der Waals surface area (Å²) in [5.41, 5.74) is 13.1. The zero-order valence-corrected chi connectivity index (χ0v) is 20.2. The monoisotopic (exact) mass is 464 g/mol. The molecule has 0 spiro atoms. The second-order valence-corrected chi connectivity index (χ2v) is 8.96. The number of carbonyl (C=O) groups excluding carboxylic acids is 1. The molecule has 0 saturated heterocycles. The zero-order valence-electron chi connectivity index (χ0n) is 20.2. The number of aromatic amines is 1. The largest absolute Gasteiger partial charge is 0.383 e. The number of nitrogen functional groups attached to an aromatic ring is 1. The maximum absolute atomic E-state index is 13.8. The summed E-state index contributed by atoms with van der Waals surface area (Å²) in [6.45, 7) is 6.85. The first-order valence-electron chi connectivity index (χ1n) is 11.7. The number of hydrogen-bond donors (Lipinski definition) is 2. The molecule has 7 nitrogen and oxygen atoms in total. The van der Waals surface area contributed by atoms with Gasteiger partial charge in [0.2, 0.25) is 0 Å². The van der Waals surface area contributed by atoms with Crippen LogP contribution in [0.25, 0.3) is 21.9 Å². The van der Waals surface area contributed by atoms with Crippen LogP contribution in [0.4, 0.5) is 5.82 Å². The van der Waals surface area contributed by atoms with Crippen LogP contribution < -0.4 is 5.73 Å². The molecule has 0 radical (unpaired) electrons. The number of aromatic nitrogens is 4. The minimum atomic E-state index is -0.0695. The van der Waals surface area contributed by atoms with Crippen molar-refractivity contribution in [2.75, 3.05) is 5.73 Å². The van der Waals surface area contributed by atoms with E-state index in [-0.39, 0.29) is 5.91 Å². The zero-order chi connectivity index (χ0) is 24.5. The topological polar surface area (TPSA) is 101 Å². The average molecular weight is 465 g/mol. The fraction of sp³-hybridized carbons (Fsp3) is 0.214. The number of nitrogens with zero attached hydrogens (tertiary/aromatic N) is 4. The molecule has 0 aliphatic carbocycles. The van der Waals surface area contributed by atoms with Crippen molar-refractivity contribution in [1.82, 2.24) is 24.8 Å². The van der Waals surface area contributed by atoms with Gasteiger partial charge >= 0.3 is 0 Å². The number of nitrogens with one attached hydrogen (secondary N) is 1. The minimum Gasteiger partial charge on any atom is -0.383 e. The van der Waals surface area contributed by atoms with Gasteiger partial charge in [0.1, 0.15) is 11.5 Å². The Hall–Kier alpha value is -4.26. The van der Waals surface area contributed by atoms with E-state index in [1.54, 1.807) is 6.20 Å². The van der Waals surface area contributed by atoms with Gasteiger partial charge in [-0.25, -0.2) is 9.97 Å². The lowest BCUT2D eigenvalue weighted by Gasteiger charge is -2.23. The molecule has 0 aliphatic heterocycles. The molecule has 1 aromatic carbocycles. The van der Waals surface area contributed by atoms with E-state index in [2.05, 4.69) is 39.0 Å². The van der Waals surface area contributed by atoms with Gasteiger partial charge in [-0.3, -0.25) is 9.78 Å². The number of pyridine rings is 3. The lowest BCUT2D eigenvalue weighted by atomic mass is 10.1. The molecular weight excluding hydrogens is 436 g/mol. The van der Waals surface area contributed by atoms with E-state index in [4.69, 9.17) is 5.73 Å². The molecule has 0 aliphatic rings. The maximum Gasteiger partial charge on any atom is 0.254 e. The van der Waals surface area contributed by atoms with Crippen LogP contribution in [0.2, 0.25) is 0 Å². The number of carbonyl (C=O) groups is 1. The van der Waals surface area contributed by atoms with Crippen molar-refractivity contribution < 1.29 is 4.79 Å². The van der Waals surface area contributed by atoms with Gasteiger partial charge in [0.25, 0.3) is 5.91 Å². The normalized spacial score (nSPS) is 11.3. The highest BCUT2D eigenvalue weighted by atomic mass is 16.2. The van der Waals surface area contributed by atoms with Crippen LogP contribution >= 0.6 is 0 Å². The molecule has 0 bridgehead atoms. The quantitative estimate of drug-likeness (QED) is 0.364. The lowest BCUT2D eigenvalue weighted by Crippen LogP contribution is -2.30. The number of fused-ring (bicyclic) bond motifs is 2. The molecule has 0 saturated carbocycles. The van der Waals surface area contributed by atoms with Gasteiger partial charge < -0.3 is 15.6 Å². The number of anilines is 1. The highest BCUT2D eigenvalue weighted by Gasteiger charge is 2.20. The van der Waals surface area contributed by atoms with Crippen molar-refractivity contribution in [3.05, 3.63) is 94.6 Å². The van der Waals surface area contributed by atoms with Crippen LogP contribution in [0.1, 0.15) is 45.4 Å². The molecule has 3 N–H and O–H groups in total. The molecular formula is C28H28N6O. The summed E-state index contributed by atoms with van der Waals surface area (Å²) in [6.07, 6.45) is 4.58. The molecule has 35 heavy (non-hydrogen) atoms. The number of nitrogens with two attached hydrogens (primary N) is 1. The van der Waals surface area contributed by atoms with Crippen molar-refractivity contribution in [1.29, 1.82) is 0 Å². The smallest absolute Gasteiger partial charge is 0.254 e. The number of benzene rings is 1. The summed E-state index contributed by atoms with van der Waals surface area (Å²) >= 11 is 0. The summed E-state index contributed by atoms with van der Waals surface area (Å²) in [5, 5.41) is 1.91. The Kier molecular flexibility index (Phi) is 5.91. The van der Waals surface area contributed by atoms with E-state index in [0.29, 0.717) is 24.5 Å². The first-order valence-corrected chi connectivity index (χ1v) is 11.7. The Balaban J connectivity index is 1.53. The summed E-state index contributed by atoms with van der Waals surface area (Å²) in [5.74, 6) is 0.434. The Labute approximate surface area is 204 Å². The molecule has 4 heterocycles.